The van der Waals surface area contributed by atoms with E-state index in [0.717, 1.165) is 11.8 Å². The van der Waals surface area contributed by atoms with Crippen molar-refractivity contribution in [3.8, 4) is 0 Å². The molecule has 3 nitrogen and oxygen atoms in total. The second kappa shape index (κ2) is 4.65. The van der Waals surface area contributed by atoms with Crippen LogP contribution in [0.15, 0.2) is 28.7 Å². The Hall–Kier alpha value is -1.77. The summed E-state index contributed by atoms with van der Waals surface area (Å²) in [5.74, 6) is -1.04. The van der Waals surface area contributed by atoms with Gasteiger partial charge in [-0.3, -0.25) is 0 Å². The van der Waals surface area contributed by atoms with Crippen LogP contribution in [0.5, 0.6) is 0 Å². The normalized spacial score (nSPS) is 12.8. The number of carboxylic acids is 1. The van der Waals surface area contributed by atoms with Gasteiger partial charge >= 0.3 is 5.97 Å². The molecule has 0 atom stereocenters. The lowest BCUT2D eigenvalue weighted by molar-refractivity contribution is 0.0665. The SMILES string of the molecule is CC(C)(C)CC(C)(C)c1ccc2oc(C(=O)O)cc2c1. The minimum Gasteiger partial charge on any atom is -0.475 e. The molecule has 0 amide bonds. The van der Waals surface area contributed by atoms with Gasteiger partial charge in [0, 0.05) is 5.39 Å². The summed E-state index contributed by atoms with van der Waals surface area (Å²) in [5.41, 5.74) is 2.10. The Morgan fingerprint density at radius 1 is 1.15 bits per heavy atom. The van der Waals surface area contributed by atoms with E-state index in [9.17, 15) is 4.79 Å². The van der Waals surface area contributed by atoms with Gasteiger partial charge in [-0.1, -0.05) is 40.7 Å². The van der Waals surface area contributed by atoms with Gasteiger partial charge in [0.05, 0.1) is 0 Å². The number of carbonyl (C=O) groups is 1. The molecule has 0 aliphatic heterocycles. The molecule has 20 heavy (non-hydrogen) atoms. The number of fused-ring (bicyclic) bond motifs is 1. The number of hydrogen-bond acceptors (Lipinski definition) is 2. The standard InChI is InChI=1S/C17H22O3/c1-16(2,3)10-17(4,5)12-6-7-13-11(8-12)9-14(20-13)15(18)19/h6-9H,10H2,1-5H3,(H,18,19). The molecule has 1 heterocycles. The number of carboxylic acid groups (broad SMARTS) is 1. The van der Waals surface area contributed by atoms with E-state index in [1.807, 2.05) is 18.2 Å². The van der Waals surface area contributed by atoms with Crippen LogP contribution in [0.25, 0.3) is 11.0 Å². The largest absolute Gasteiger partial charge is 0.475 e. The number of rotatable bonds is 3. The molecular formula is C17H22O3. The Kier molecular flexibility index (Phi) is 3.41. The zero-order chi connectivity index (χ0) is 15.1. The van der Waals surface area contributed by atoms with Gasteiger partial charge in [0.25, 0.3) is 0 Å². The number of benzene rings is 1. The van der Waals surface area contributed by atoms with Gasteiger partial charge in [-0.05, 0) is 41.0 Å². The van der Waals surface area contributed by atoms with Gasteiger partial charge in [-0.25, -0.2) is 4.79 Å². The molecular weight excluding hydrogens is 252 g/mol. The summed E-state index contributed by atoms with van der Waals surface area (Å²) in [6.07, 6.45) is 1.05. The van der Waals surface area contributed by atoms with Crippen molar-refractivity contribution in [2.24, 2.45) is 5.41 Å². The highest BCUT2D eigenvalue weighted by molar-refractivity contribution is 5.91. The van der Waals surface area contributed by atoms with E-state index in [1.165, 1.54) is 5.56 Å². The maximum absolute atomic E-state index is 10.9. The van der Waals surface area contributed by atoms with Gasteiger partial charge in [0.15, 0.2) is 0 Å². The molecule has 108 valence electrons. The highest BCUT2D eigenvalue weighted by atomic mass is 16.4. The van der Waals surface area contributed by atoms with E-state index < -0.39 is 5.97 Å². The van der Waals surface area contributed by atoms with Crippen LogP contribution in [-0.4, -0.2) is 11.1 Å². The molecule has 0 aliphatic carbocycles. The van der Waals surface area contributed by atoms with Crippen LogP contribution in [0.1, 0.15) is 57.2 Å². The van der Waals surface area contributed by atoms with E-state index in [-0.39, 0.29) is 16.6 Å². The number of hydrogen-bond donors (Lipinski definition) is 1. The van der Waals surface area contributed by atoms with E-state index in [0.29, 0.717) is 5.58 Å². The Bertz CT molecular complexity index is 642. The van der Waals surface area contributed by atoms with Gasteiger partial charge in [0.1, 0.15) is 5.58 Å². The van der Waals surface area contributed by atoms with Crippen LogP contribution < -0.4 is 0 Å². The van der Waals surface area contributed by atoms with Gasteiger partial charge in [-0.15, -0.1) is 0 Å². The molecule has 0 spiro atoms. The molecule has 0 unspecified atom stereocenters. The fourth-order valence-corrected chi connectivity index (χ4v) is 3.00. The van der Waals surface area contributed by atoms with Crippen molar-refractivity contribution in [2.45, 2.75) is 46.5 Å². The average Bonchev–Trinajstić information content (AvgIpc) is 2.68. The van der Waals surface area contributed by atoms with Crippen molar-refractivity contribution in [2.75, 3.05) is 0 Å². The maximum Gasteiger partial charge on any atom is 0.371 e. The second-order valence-corrected chi connectivity index (χ2v) is 7.29. The summed E-state index contributed by atoms with van der Waals surface area (Å²) >= 11 is 0. The summed E-state index contributed by atoms with van der Waals surface area (Å²) in [7, 11) is 0. The van der Waals surface area contributed by atoms with Crippen molar-refractivity contribution >= 4 is 16.9 Å². The summed E-state index contributed by atoms with van der Waals surface area (Å²) in [6.45, 7) is 11.1. The predicted molar refractivity (Wildman–Crippen MR) is 80.3 cm³/mol. The van der Waals surface area contributed by atoms with Crippen LogP contribution in [0.4, 0.5) is 0 Å². The van der Waals surface area contributed by atoms with Crippen molar-refractivity contribution in [1.82, 2.24) is 0 Å². The van der Waals surface area contributed by atoms with Crippen LogP contribution in [0.2, 0.25) is 0 Å². The van der Waals surface area contributed by atoms with Crippen molar-refractivity contribution in [1.29, 1.82) is 0 Å². The lowest BCUT2D eigenvalue weighted by atomic mass is 9.72. The zero-order valence-corrected chi connectivity index (χ0v) is 12.8. The summed E-state index contributed by atoms with van der Waals surface area (Å²) in [4.78, 5) is 10.9. The number of aromatic carboxylic acids is 1. The Labute approximate surface area is 119 Å². The van der Waals surface area contributed by atoms with Gasteiger partial charge in [-0.2, -0.15) is 0 Å². The molecule has 1 aromatic carbocycles. The molecule has 3 heteroatoms. The highest BCUT2D eigenvalue weighted by Gasteiger charge is 2.27. The maximum atomic E-state index is 10.9. The summed E-state index contributed by atoms with van der Waals surface area (Å²) < 4.78 is 5.30. The van der Waals surface area contributed by atoms with E-state index in [4.69, 9.17) is 9.52 Å². The fraction of sp³-hybridized carbons (Fsp3) is 0.471. The van der Waals surface area contributed by atoms with Crippen molar-refractivity contribution in [3.63, 3.8) is 0 Å². The fourth-order valence-electron chi connectivity index (χ4n) is 3.00. The molecule has 0 saturated heterocycles. The van der Waals surface area contributed by atoms with Crippen LogP contribution >= 0.6 is 0 Å². The minimum absolute atomic E-state index is 0.00854. The predicted octanol–water partition coefficient (Wildman–Crippen LogP) is 4.84. The van der Waals surface area contributed by atoms with Crippen LogP contribution in [-0.2, 0) is 5.41 Å². The molecule has 2 aromatic rings. The first kappa shape index (κ1) is 14.6. The highest BCUT2D eigenvalue weighted by Crippen LogP contribution is 2.37. The summed E-state index contributed by atoms with van der Waals surface area (Å²) in [6, 6.07) is 7.52. The molecule has 0 radical (unpaired) electrons. The van der Waals surface area contributed by atoms with Crippen molar-refractivity contribution in [3.05, 3.63) is 35.6 Å². The van der Waals surface area contributed by atoms with Crippen LogP contribution in [0, 0.1) is 5.41 Å². The minimum atomic E-state index is -1.03. The first-order valence-electron chi connectivity index (χ1n) is 6.86. The monoisotopic (exact) mass is 274 g/mol. The Morgan fingerprint density at radius 3 is 2.35 bits per heavy atom. The molecule has 1 N–H and O–H groups in total. The Balaban J connectivity index is 2.43. The second-order valence-electron chi connectivity index (χ2n) is 7.29. The van der Waals surface area contributed by atoms with E-state index in [1.54, 1.807) is 6.07 Å². The third-order valence-electron chi connectivity index (χ3n) is 3.48. The summed E-state index contributed by atoms with van der Waals surface area (Å²) in [5, 5.41) is 9.82. The molecule has 2 rings (SSSR count). The lowest BCUT2D eigenvalue weighted by Crippen LogP contribution is -2.24. The lowest BCUT2D eigenvalue weighted by Gasteiger charge is -2.33. The zero-order valence-electron chi connectivity index (χ0n) is 12.8. The van der Waals surface area contributed by atoms with Gasteiger partial charge in [0.2, 0.25) is 5.76 Å². The average molecular weight is 274 g/mol. The van der Waals surface area contributed by atoms with Crippen LogP contribution in [0.3, 0.4) is 0 Å². The van der Waals surface area contributed by atoms with Gasteiger partial charge < -0.3 is 9.52 Å². The molecule has 1 aromatic heterocycles. The molecule has 0 fully saturated rings. The van der Waals surface area contributed by atoms with E-state index in [2.05, 4.69) is 34.6 Å². The quantitative estimate of drug-likeness (QED) is 0.870. The first-order valence-corrected chi connectivity index (χ1v) is 6.86. The first-order chi connectivity index (χ1) is 9.08. The molecule has 0 aliphatic rings. The molecule has 0 bridgehead atoms. The molecule has 0 saturated carbocycles. The van der Waals surface area contributed by atoms with E-state index >= 15 is 0 Å². The third-order valence-corrected chi connectivity index (χ3v) is 3.48. The topological polar surface area (TPSA) is 50.4 Å². The Morgan fingerprint density at radius 2 is 1.80 bits per heavy atom. The number of furan rings is 1. The van der Waals surface area contributed by atoms with Crippen molar-refractivity contribution < 1.29 is 14.3 Å². The third kappa shape index (κ3) is 3.03. The smallest absolute Gasteiger partial charge is 0.371 e.